The molecule has 5 nitrogen and oxygen atoms in total. The van der Waals surface area contributed by atoms with Gasteiger partial charge in [-0.2, -0.15) is 0 Å². The molecular weight excluding hydrogens is 217 g/mol. The maximum atomic E-state index is 13.3. The smallest absolute Gasteiger partial charge is 0.184 e. The molecule has 0 amide bonds. The molecule has 0 fully saturated rings. The number of phenolic OH excluding ortho intramolecular Hbond substituents is 1. The van der Waals surface area contributed by atoms with E-state index >= 15 is 0 Å². The number of phenols is 1. The van der Waals surface area contributed by atoms with Gasteiger partial charge in [-0.3, -0.25) is 4.79 Å². The SMILES string of the molecule is COc1cc(F)c(O)c(C(=O)CN)c1OC. The zero-order valence-electron chi connectivity index (χ0n) is 8.91. The average Bonchev–Trinajstić information content (AvgIpc) is 2.30. The van der Waals surface area contributed by atoms with Gasteiger partial charge in [-0.25, -0.2) is 4.39 Å². The molecule has 0 atom stereocenters. The molecule has 16 heavy (non-hydrogen) atoms. The van der Waals surface area contributed by atoms with Gasteiger partial charge in [0.25, 0.3) is 0 Å². The summed E-state index contributed by atoms with van der Waals surface area (Å²) < 4.78 is 23.0. The van der Waals surface area contributed by atoms with E-state index in [1.807, 2.05) is 0 Å². The average molecular weight is 229 g/mol. The third-order valence-electron chi connectivity index (χ3n) is 2.06. The third kappa shape index (κ3) is 1.92. The van der Waals surface area contributed by atoms with Gasteiger partial charge in [-0.15, -0.1) is 0 Å². The fourth-order valence-electron chi connectivity index (χ4n) is 1.31. The molecule has 0 aliphatic carbocycles. The summed E-state index contributed by atoms with van der Waals surface area (Å²) in [6.45, 7) is -0.365. The summed E-state index contributed by atoms with van der Waals surface area (Å²) in [5.74, 6) is -2.39. The van der Waals surface area contributed by atoms with E-state index < -0.39 is 17.3 Å². The highest BCUT2D eigenvalue weighted by Crippen LogP contribution is 2.38. The van der Waals surface area contributed by atoms with Crippen LogP contribution in [0.5, 0.6) is 17.2 Å². The fraction of sp³-hybridized carbons (Fsp3) is 0.300. The topological polar surface area (TPSA) is 81.8 Å². The van der Waals surface area contributed by atoms with Crippen molar-refractivity contribution in [3.63, 3.8) is 0 Å². The van der Waals surface area contributed by atoms with Crippen LogP contribution < -0.4 is 15.2 Å². The number of aromatic hydroxyl groups is 1. The van der Waals surface area contributed by atoms with Crippen molar-refractivity contribution in [1.29, 1.82) is 0 Å². The minimum atomic E-state index is -0.963. The van der Waals surface area contributed by atoms with Gasteiger partial charge in [0, 0.05) is 6.07 Å². The van der Waals surface area contributed by atoms with Crippen molar-refractivity contribution >= 4 is 5.78 Å². The van der Waals surface area contributed by atoms with Crippen LogP contribution in [0.25, 0.3) is 0 Å². The normalized spacial score (nSPS) is 10.0. The van der Waals surface area contributed by atoms with Crippen molar-refractivity contribution < 1.29 is 23.8 Å². The Morgan fingerprint density at radius 1 is 1.50 bits per heavy atom. The summed E-state index contributed by atoms with van der Waals surface area (Å²) in [5.41, 5.74) is 4.85. The Labute approximate surface area is 91.6 Å². The van der Waals surface area contributed by atoms with Gasteiger partial charge in [0.05, 0.1) is 20.8 Å². The first-order valence-electron chi connectivity index (χ1n) is 4.43. The Kier molecular flexibility index (Phi) is 3.68. The van der Waals surface area contributed by atoms with Crippen molar-refractivity contribution in [2.75, 3.05) is 20.8 Å². The van der Waals surface area contributed by atoms with Crippen LogP contribution in [0.3, 0.4) is 0 Å². The first-order chi connectivity index (χ1) is 7.56. The molecule has 0 aliphatic heterocycles. The van der Waals surface area contributed by atoms with E-state index in [4.69, 9.17) is 15.2 Å². The molecule has 1 rings (SSSR count). The number of benzene rings is 1. The van der Waals surface area contributed by atoms with Crippen LogP contribution >= 0.6 is 0 Å². The van der Waals surface area contributed by atoms with Crippen LogP contribution in [0.15, 0.2) is 6.07 Å². The molecule has 3 N–H and O–H groups in total. The predicted octanol–water partition coefficient (Wildman–Crippen LogP) is 0.690. The zero-order chi connectivity index (χ0) is 12.3. The second-order valence-electron chi connectivity index (χ2n) is 2.94. The third-order valence-corrected chi connectivity index (χ3v) is 2.06. The molecule has 0 bridgehead atoms. The Morgan fingerprint density at radius 2 is 2.12 bits per heavy atom. The van der Waals surface area contributed by atoms with E-state index in [2.05, 4.69) is 0 Å². The molecule has 0 aliphatic rings. The molecule has 0 aromatic heterocycles. The van der Waals surface area contributed by atoms with Gasteiger partial charge in [0.1, 0.15) is 5.56 Å². The number of hydrogen-bond acceptors (Lipinski definition) is 5. The monoisotopic (exact) mass is 229 g/mol. The van der Waals surface area contributed by atoms with Crippen LogP contribution in [0, 0.1) is 5.82 Å². The maximum absolute atomic E-state index is 13.3. The van der Waals surface area contributed by atoms with E-state index in [0.29, 0.717) is 0 Å². The number of halogens is 1. The Morgan fingerprint density at radius 3 is 2.56 bits per heavy atom. The second kappa shape index (κ2) is 4.80. The van der Waals surface area contributed by atoms with Crippen LogP contribution in [0.4, 0.5) is 4.39 Å². The molecular formula is C10H12FNO4. The van der Waals surface area contributed by atoms with Crippen LogP contribution in [-0.2, 0) is 0 Å². The lowest BCUT2D eigenvalue weighted by molar-refractivity contribution is 0.0994. The summed E-state index contributed by atoms with van der Waals surface area (Å²) in [4.78, 5) is 11.4. The minimum absolute atomic E-state index is 0.0228. The summed E-state index contributed by atoms with van der Waals surface area (Å²) >= 11 is 0. The highest BCUT2D eigenvalue weighted by atomic mass is 19.1. The summed E-state index contributed by atoms with van der Waals surface area (Å²) in [5, 5.41) is 9.44. The number of ketones is 1. The van der Waals surface area contributed by atoms with Crippen molar-refractivity contribution in [3.8, 4) is 17.2 Å². The fourth-order valence-corrected chi connectivity index (χ4v) is 1.31. The summed E-state index contributed by atoms with van der Waals surface area (Å²) in [6, 6.07) is 0.932. The number of carbonyl (C=O) groups excluding carboxylic acids is 1. The van der Waals surface area contributed by atoms with Crippen molar-refractivity contribution in [2.45, 2.75) is 0 Å². The summed E-state index contributed by atoms with van der Waals surface area (Å²) in [6.07, 6.45) is 0. The number of carbonyl (C=O) groups is 1. The molecule has 1 aromatic rings. The lowest BCUT2D eigenvalue weighted by atomic mass is 10.1. The Balaban J connectivity index is 3.53. The quantitative estimate of drug-likeness (QED) is 0.742. The largest absolute Gasteiger partial charge is 0.504 e. The second-order valence-corrected chi connectivity index (χ2v) is 2.94. The number of Topliss-reactive ketones (excluding diaryl/α,β-unsaturated/α-hetero) is 1. The minimum Gasteiger partial charge on any atom is -0.504 e. The molecule has 1 aromatic carbocycles. The lowest BCUT2D eigenvalue weighted by Gasteiger charge is -2.13. The molecule has 6 heteroatoms. The van der Waals surface area contributed by atoms with Gasteiger partial charge in [-0.05, 0) is 0 Å². The highest BCUT2D eigenvalue weighted by Gasteiger charge is 2.23. The molecule has 0 spiro atoms. The van der Waals surface area contributed by atoms with Gasteiger partial charge >= 0.3 is 0 Å². The molecule has 0 radical (unpaired) electrons. The van der Waals surface area contributed by atoms with Gasteiger partial charge in [0.2, 0.25) is 0 Å². The predicted molar refractivity (Wildman–Crippen MR) is 54.6 cm³/mol. The van der Waals surface area contributed by atoms with E-state index in [1.165, 1.54) is 14.2 Å². The van der Waals surface area contributed by atoms with Crippen molar-refractivity contribution in [1.82, 2.24) is 0 Å². The van der Waals surface area contributed by atoms with Crippen molar-refractivity contribution in [2.24, 2.45) is 5.73 Å². The van der Waals surface area contributed by atoms with Gasteiger partial charge in [-0.1, -0.05) is 0 Å². The van der Waals surface area contributed by atoms with Crippen LogP contribution in [0.1, 0.15) is 10.4 Å². The zero-order valence-corrected chi connectivity index (χ0v) is 8.91. The van der Waals surface area contributed by atoms with E-state index in [-0.39, 0.29) is 23.6 Å². The van der Waals surface area contributed by atoms with Gasteiger partial charge < -0.3 is 20.3 Å². The highest BCUT2D eigenvalue weighted by molar-refractivity contribution is 6.03. The Bertz CT molecular complexity index is 420. The molecule has 0 saturated heterocycles. The molecule has 0 heterocycles. The van der Waals surface area contributed by atoms with E-state index in [0.717, 1.165) is 6.07 Å². The van der Waals surface area contributed by atoms with Crippen LogP contribution in [-0.4, -0.2) is 31.7 Å². The standard InChI is InChI=1S/C10H12FNO4/c1-15-7-3-5(11)9(14)8(6(13)4-12)10(7)16-2/h3,14H,4,12H2,1-2H3. The van der Waals surface area contributed by atoms with Crippen molar-refractivity contribution in [3.05, 3.63) is 17.4 Å². The summed E-state index contributed by atoms with van der Waals surface area (Å²) in [7, 11) is 2.58. The maximum Gasteiger partial charge on any atom is 0.184 e. The number of hydrogen-bond donors (Lipinski definition) is 2. The molecule has 0 unspecified atom stereocenters. The number of nitrogens with two attached hydrogens (primary N) is 1. The number of rotatable bonds is 4. The van der Waals surface area contributed by atoms with E-state index in [9.17, 15) is 14.3 Å². The molecule has 88 valence electrons. The molecule has 0 saturated carbocycles. The number of methoxy groups -OCH3 is 2. The first-order valence-corrected chi connectivity index (χ1v) is 4.43. The van der Waals surface area contributed by atoms with Gasteiger partial charge in [0.15, 0.2) is 28.8 Å². The number of ether oxygens (including phenoxy) is 2. The van der Waals surface area contributed by atoms with Crippen LogP contribution in [0.2, 0.25) is 0 Å². The first kappa shape index (κ1) is 12.3. The lowest BCUT2D eigenvalue weighted by Crippen LogP contribution is -2.15. The Hall–Kier alpha value is -1.82. The van der Waals surface area contributed by atoms with E-state index in [1.54, 1.807) is 0 Å².